The van der Waals surface area contributed by atoms with E-state index in [1.807, 2.05) is 24.0 Å². The maximum Gasteiger partial charge on any atom is 0.416 e. The van der Waals surface area contributed by atoms with Crippen LogP contribution in [0.4, 0.5) is 26.3 Å². The molecule has 5 rings (SSSR count). The number of benzene rings is 2. The van der Waals surface area contributed by atoms with Gasteiger partial charge in [0.2, 0.25) is 0 Å². The van der Waals surface area contributed by atoms with Crippen LogP contribution in [-0.4, -0.2) is 37.7 Å². The fraction of sp³-hybridized carbons (Fsp3) is 0.581. The van der Waals surface area contributed by atoms with E-state index in [2.05, 4.69) is 6.07 Å². The zero-order valence-electron chi connectivity index (χ0n) is 23.2. The Labute approximate surface area is 236 Å². The molecule has 2 aromatic carbocycles. The Kier molecular flexibility index (Phi) is 8.34. The molecule has 0 amide bonds. The van der Waals surface area contributed by atoms with Crippen molar-refractivity contribution in [1.29, 1.82) is 0 Å². The van der Waals surface area contributed by atoms with Gasteiger partial charge in [-0.15, -0.1) is 0 Å². The number of alkyl halides is 6. The van der Waals surface area contributed by atoms with E-state index in [0.29, 0.717) is 49.7 Å². The molecule has 2 heterocycles. The Bertz CT molecular complexity index is 1250. The molecule has 224 valence electrons. The quantitative estimate of drug-likeness (QED) is 0.250. The van der Waals surface area contributed by atoms with Gasteiger partial charge in [-0.25, -0.2) is 0 Å². The first-order valence-electron chi connectivity index (χ1n) is 14.2. The van der Waals surface area contributed by atoms with E-state index in [1.165, 1.54) is 7.11 Å². The molecule has 2 aliphatic heterocycles. The molecule has 1 saturated heterocycles. The highest BCUT2D eigenvalue weighted by atomic mass is 19.4. The number of fused-ring (bicyclic) bond motifs is 1. The zero-order valence-corrected chi connectivity index (χ0v) is 23.2. The van der Waals surface area contributed by atoms with Crippen molar-refractivity contribution in [3.8, 4) is 5.75 Å². The predicted octanol–water partition coefficient (Wildman–Crippen LogP) is 7.49. The molecule has 4 nitrogen and oxygen atoms in total. The highest BCUT2D eigenvalue weighted by Crippen LogP contribution is 2.48. The van der Waals surface area contributed by atoms with Gasteiger partial charge in [0.1, 0.15) is 5.75 Å². The van der Waals surface area contributed by atoms with Crippen molar-refractivity contribution < 1.29 is 40.6 Å². The molecule has 0 spiro atoms. The highest BCUT2D eigenvalue weighted by molar-refractivity contribution is 5.73. The molecule has 1 saturated carbocycles. The number of ether oxygens (including phenoxy) is 2. The lowest BCUT2D eigenvalue weighted by Gasteiger charge is -2.38. The number of hydrogen-bond donors (Lipinski definition) is 0. The number of likely N-dealkylation sites (tertiary alicyclic amines) is 1. The molecule has 2 aromatic rings. The Morgan fingerprint density at radius 2 is 1.68 bits per heavy atom. The first kappa shape index (κ1) is 29.7. The lowest BCUT2D eigenvalue weighted by atomic mass is 9.78. The zero-order chi connectivity index (χ0) is 29.5. The Morgan fingerprint density at radius 3 is 2.29 bits per heavy atom. The number of piperidine rings is 1. The van der Waals surface area contributed by atoms with E-state index in [4.69, 9.17) is 9.47 Å². The smallest absolute Gasteiger partial charge is 0.416 e. The summed E-state index contributed by atoms with van der Waals surface area (Å²) in [6.45, 7) is 3.29. The third kappa shape index (κ3) is 6.68. The maximum atomic E-state index is 13.5. The minimum atomic E-state index is -4.73. The second-order valence-corrected chi connectivity index (χ2v) is 11.8. The molecule has 3 aliphatic rings. The van der Waals surface area contributed by atoms with Gasteiger partial charge in [0.05, 0.1) is 30.8 Å². The average molecular weight is 584 g/mol. The van der Waals surface area contributed by atoms with Crippen LogP contribution in [0.25, 0.3) is 0 Å². The van der Waals surface area contributed by atoms with Crippen molar-refractivity contribution in [2.75, 3.05) is 26.8 Å². The molecule has 41 heavy (non-hydrogen) atoms. The summed E-state index contributed by atoms with van der Waals surface area (Å²) in [5.41, 5.74) is -0.225. The molecule has 0 radical (unpaired) electrons. The van der Waals surface area contributed by atoms with Gasteiger partial charge in [0.15, 0.2) is 0 Å². The topological polar surface area (TPSA) is 38.8 Å². The van der Waals surface area contributed by atoms with Gasteiger partial charge >= 0.3 is 18.3 Å². The lowest BCUT2D eigenvalue weighted by Crippen LogP contribution is -2.39. The van der Waals surface area contributed by atoms with E-state index in [-0.39, 0.29) is 35.8 Å². The van der Waals surface area contributed by atoms with Crippen molar-refractivity contribution in [2.24, 2.45) is 23.7 Å². The van der Waals surface area contributed by atoms with Crippen LogP contribution in [0.15, 0.2) is 36.4 Å². The first-order valence-corrected chi connectivity index (χ1v) is 14.2. The fourth-order valence-corrected chi connectivity index (χ4v) is 6.71. The number of carbonyl (C=O) groups is 1. The van der Waals surface area contributed by atoms with E-state index < -0.39 is 23.5 Å². The molecule has 1 unspecified atom stereocenters. The van der Waals surface area contributed by atoms with Crippen molar-refractivity contribution in [1.82, 2.24) is 4.90 Å². The molecule has 0 aromatic heterocycles. The Hall–Kier alpha value is -2.75. The Balaban J connectivity index is 1.24. The summed E-state index contributed by atoms with van der Waals surface area (Å²) in [6, 6.07) is 7.85. The van der Waals surface area contributed by atoms with E-state index in [1.54, 1.807) is 0 Å². The maximum absolute atomic E-state index is 13.5. The van der Waals surface area contributed by atoms with Crippen molar-refractivity contribution in [2.45, 2.75) is 63.8 Å². The van der Waals surface area contributed by atoms with Crippen LogP contribution in [0.5, 0.6) is 5.75 Å². The highest BCUT2D eigenvalue weighted by Gasteiger charge is 2.40. The van der Waals surface area contributed by atoms with E-state index in [0.717, 1.165) is 49.0 Å². The number of halogens is 6. The third-order valence-electron chi connectivity index (χ3n) is 9.08. The molecule has 0 N–H and O–H groups in total. The van der Waals surface area contributed by atoms with Crippen LogP contribution < -0.4 is 4.74 Å². The summed E-state index contributed by atoms with van der Waals surface area (Å²) >= 11 is 0. The van der Waals surface area contributed by atoms with Gasteiger partial charge in [0.25, 0.3) is 0 Å². The largest absolute Gasteiger partial charge is 0.493 e. The van der Waals surface area contributed by atoms with Crippen LogP contribution in [0.1, 0.15) is 66.3 Å². The SMILES string of the molecule is COC(=O)[C@@H](C)[C@H](c1ccc2c(c1)CC(C1CCN(Cc3cc(C(F)(F)F)ccc3C(F)(F)F)CC1)CO2)C1CC1. The second-order valence-electron chi connectivity index (χ2n) is 11.8. The number of nitrogens with zero attached hydrogens (tertiary/aromatic N) is 1. The van der Waals surface area contributed by atoms with Gasteiger partial charge < -0.3 is 9.47 Å². The van der Waals surface area contributed by atoms with Crippen LogP contribution in [-0.2, 0) is 34.8 Å². The van der Waals surface area contributed by atoms with E-state index in [9.17, 15) is 31.1 Å². The minimum absolute atomic E-state index is 0.0915. The van der Waals surface area contributed by atoms with Crippen LogP contribution in [0.3, 0.4) is 0 Å². The van der Waals surface area contributed by atoms with Crippen molar-refractivity contribution >= 4 is 5.97 Å². The number of carbonyl (C=O) groups excluding carboxylic acids is 1. The Morgan fingerprint density at radius 1 is 0.976 bits per heavy atom. The molecule has 1 aliphatic carbocycles. The monoisotopic (exact) mass is 583 g/mol. The standard InChI is InChI=1S/C31H35F6NO3/c1-18(29(39)40-2)28(20-3-4-20)21-5-8-27-22(13-21)14-24(17-41-27)19-9-11-38(12-10-19)16-23-15-25(30(32,33)34)6-7-26(23)31(35,36)37/h5-8,13,15,18-20,24,28H,3-4,9-12,14,16-17H2,1-2H3/t18-,24?,28-/m0/s1. The summed E-state index contributed by atoms with van der Waals surface area (Å²) in [5, 5.41) is 0. The number of rotatable bonds is 7. The average Bonchev–Trinajstić information content (AvgIpc) is 3.77. The molecule has 2 fully saturated rings. The summed E-state index contributed by atoms with van der Waals surface area (Å²) in [5.74, 6) is 1.46. The van der Waals surface area contributed by atoms with Gasteiger partial charge in [-0.05, 0) is 104 Å². The summed E-state index contributed by atoms with van der Waals surface area (Å²) in [4.78, 5) is 14.1. The third-order valence-corrected chi connectivity index (χ3v) is 9.08. The molecule has 0 bridgehead atoms. The van der Waals surface area contributed by atoms with Crippen LogP contribution >= 0.6 is 0 Å². The van der Waals surface area contributed by atoms with Gasteiger partial charge in [-0.2, -0.15) is 26.3 Å². The summed E-state index contributed by atoms with van der Waals surface area (Å²) < 4.78 is 91.4. The number of methoxy groups -OCH3 is 1. The molecule has 10 heteroatoms. The molecule has 3 atom stereocenters. The first-order chi connectivity index (χ1) is 19.3. The predicted molar refractivity (Wildman–Crippen MR) is 140 cm³/mol. The molecular formula is C31H35F6NO3. The minimum Gasteiger partial charge on any atom is -0.493 e. The second kappa shape index (κ2) is 11.5. The number of hydrogen-bond acceptors (Lipinski definition) is 4. The fourth-order valence-electron chi connectivity index (χ4n) is 6.71. The van der Waals surface area contributed by atoms with E-state index >= 15 is 0 Å². The van der Waals surface area contributed by atoms with Crippen molar-refractivity contribution in [3.63, 3.8) is 0 Å². The summed E-state index contributed by atoms with van der Waals surface area (Å²) in [6.07, 6.45) is -4.99. The molecular weight excluding hydrogens is 548 g/mol. The van der Waals surface area contributed by atoms with Crippen LogP contribution in [0.2, 0.25) is 0 Å². The van der Waals surface area contributed by atoms with Gasteiger partial charge in [-0.3, -0.25) is 9.69 Å². The van der Waals surface area contributed by atoms with Gasteiger partial charge in [0, 0.05) is 12.5 Å². The van der Waals surface area contributed by atoms with Crippen molar-refractivity contribution in [3.05, 3.63) is 64.2 Å². The number of esters is 1. The van der Waals surface area contributed by atoms with Crippen LogP contribution in [0, 0.1) is 23.7 Å². The van der Waals surface area contributed by atoms with Gasteiger partial charge in [-0.1, -0.05) is 19.1 Å². The normalized spacial score (nSPS) is 22.0. The summed E-state index contributed by atoms with van der Waals surface area (Å²) in [7, 11) is 1.41. The lowest BCUT2D eigenvalue weighted by molar-refractivity contribution is -0.146.